The summed E-state index contributed by atoms with van der Waals surface area (Å²) in [5, 5.41) is 9.69. The Morgan fingerprint density at radius 1 is 1.53 bits per heavy atom. The molecular weight excluding hydrogens is 215 g/mol. The first-order chi connectivity index (χ1) is 7.99. The molecule has 0 bridgehead atoms. The highest BCUT2D eigenvalue weighted by Gasteiger charge is 2.13. The molecule has 1 aromatic rings. The zero-order chi connectivity index (χ0) is 12.6. The lowest BCUT2D eigenvalue weighted by atomic mass is 9.82. The summed E-state index contributed by atoms with van der Waals surface area (Å²) in [6.45, 7) is 7.19. The minimum Gasteiger partial charge on any atom is -0.508 e. The van der Waals surface area contributed by atoms with Crippen LogP contribution in [0.25, 0.3) is 18.7 Å². The number of rotatable bonds is 1. The van der Waals surface area contributed by atoms with E-state index in [4.69, 9.17) is 17.4 Å². The molecule has 3 nitrogen and oxygen atoms in total. The van der Waals surface area contributed by atoms with E-state index < -0.39 is 5.63 Å². The lowest BCUT2D eigenvalue weighted by molar-refractivity contribution is 0.433. The summed E-state index contributed by atoms with van der Waals surface area (Å²) >= 11 is 0. The van der Waals surface area contributed by atoms with Gasteiger partial charge in [0.1, 0.15) is 19.0 Å². The second-order valence-electron chi connectivity index (χ2n) is 3.98. The van der Waals surface area contributed by atoms with Crippen molar-refractivity contribution in [2.24, 2.45) is 0 Å². The predicted molar refractivity (Wildman–Crippen MR) is 68.0 cm³/mol. The number of hydrogen-bond acceptors (Lipinski definition) is 3. The molecule has 1 aliphatic rings. The highest BCUT2D eigenvalue weighted by Crippen LogP contribution is 2.15. The number of hydrogen-bond donors (Lipinski definition) is 1. The second-order valence-corrected chi connectivity index (χ2v) is 3.98. The fourth-order valence-electron chi connectivity index (χ4n) is 1.88. The van der Waals surface area contributed by atoms with Gasteiger partial charge in [-0.05, 0) is 18.4 Å². The highest BCUT2D eigenvalue weighted by atomic mass is 16.4. The molecule has 2 rings (SSSR count). The molecule has 0 aliphatic heterocycles. The number of aliphatic hydroxyl groups is 1. The van der Waals surface area contributed by atoms with E-state index in [1.165, 1.54) is 6.08 Å². The van der Waals surface area contributed by atoms with Crippen LogP contribution in [-0.4, -0.2) is 13.0 Å². The van der Waals surface area contributed by atoms with Gasteiger partial charge in [0.25, 0.3) is 0 Å². The van der Waals surface area contributed by atoms with Crippen molar-refractivity contribution in [1.29, 1.82) is 0 Å². The van der Waals surface area contributed by atoms with Gasteiger partial charge in [-0.25, -0.2) is 4.79 Å². The Bertz CT molecular complexity index is 680. The van der Waals surface area contributed by atoms with Crippen molar-refractivity contribution in [2.45, 2.75) is 12.8 Å². The molecule has 0 saturated carbocycles. The van der Waals surface area contributed by atoms with Crippen molar-refractivity contribution >= 4 is 26.6 Å². The molecule has 0 aromatic carbocycles. The van der Waals surface area contributed by atoms with E-state index in [9.17, 15) is 4.79 Å². The first-order valence-electron chi connectivity index (χ1n) is 5.19. The van der Waals surface area contributed by atoms with Crippen LogP contribution in [0.3, 0.4) is 0 Å². The summed E-state index contributed by atoms with van der Waals surface area (Å²) in [6, 6.07) is 0. The van der Waals surface area contributed by atoms with Crippen LogP contribution in [0.15, 0.2) is 27.0 Å². The number of fused-ring (bicyclic) bond motifs is 1. The van der Waals surface area contributed by atoms with E-state index >= 15 is 0 Å². The van der Waals surface area contributed by atoms with E-state index in [0.29, 0.717) is 29.1 Å². The monoisotopic (exact) mass is 226 g/mol. The molecule has 2 radical (unpaired) electrons. The quantitative estimate of drug-likeness (QED) is 0.555. The summed E-state index contributed by atoms with van der Waals surface area (Å²) in [5.74, 6) is -0.177. The average molecular weight is 226 g/mol. The minimum absolute atomic E-state index is 0.177. The molecule has 0 fully saturated rings. The molecular formula is C13H11BO3. The van der Waals surface area contributed by atoms with Gasteiger partial charge >= 0.3 is 5.63 Å². The van der Waals surface area contributed by atoms with Crippen LogP contribution in [0.1, 0.15) is 17.5 Å². The van der Waals surface area contributed by atoms with Gasteiger partial charge < -0.3 is 9.52 Å². The van der Waals surface area contributed by atoms with Crippen LogP contribution in [0.5, 0.6) is 0 Å². The van der Waals surface area contributed by atoms with Crippen LogP contribution in [0, 0.1) is 0 Å². The molecule has 4 heteroatoms. The van der Waals surface area contributed by atoms with Crippen molar-refractivity contribution in [1.82, 2.24) is 0 Å². The van der Waals surface area contributed by atoms with Crippen LogP contribution in [-0.2, 0) is 6.42 Å². The maximum Gasteiger partial charge on any atom is 0.343 e. The molecule has 0 atom stereocenters. The fraction of sp³-hybridized carbons (Fsp3) is 0.154. The standard InChI is InChI=1S/C13H11BO3/c1-7(15)5-12-8(2)10-4-3-9(14)6-11(10)13(16)17-12/h5-6,15H,1-4H2/b12-5+. The molecule has 0 unspecified atom stereocenters. The zero-order valence-corrected chi connectivity index (χ0v) is 9.32. The maximum absolute atomic E-state index is 11.7. The first-order valence-corrected chi connectivity index (χ1v) is 5.19. The van der Waals surface area contributed by atoms with Gasteiger partial charge in [0, 0.05) is 11.3 Å². The van der Waals surface area contributed by atoms with E-state index in [1.54, 1.807) is 6.08 Å². The molecule has 1 N–H and O–H groups in total. The SMILES string of the molecule is [B]C1=Cc2c(c(=C)/c(=C\C(=C)O)oc2=O)CC1. The van der Waals surface area contributed by atoms with Gasteiger partial charge in [-0.3, -0.25) is 0 Å². The number of aliphatic hydroxyl groups excluding tert-OH is 1. The smallest absolute Gasteiger partial charge is 0.343 e. The highest BCUT2D eigenvalue weighted by molar-refractivity contribution is 6.24. The molecule has 1 aromatic heterocycles. The third-order valence-corrected chi connectivity index (χ3v) is 2.70. The van der Waals surface area contributed by atoms with Gasteiger partial charge in [0.2, 0.25) is 0 Å². The third-order valence-electron chi connectivity index (χ3n) is 2.70. The van der Waals surface area contributed by atoms with Crippen LogP contribution >= 0.6 is 0 Å². The van der Waals surface area contributed by atoms with Crippen molar-refractivity contribution in [3.8, 4) is 0 Å². The Morgan fingerprint density at radius 2 is 2.24 bits per heavy atom. The lowest BCUT2D eigenvalue weighted by Crippen LogP contribution is -2.35. The summed E-state index contributed by atoms with van der Waals surface area (Å²) in [6.07, 6.45) is 4.25. The van der Waals surface area contributed by atoms with Crippen molar-refractivity contribution in [2.75, 3.05) is 0 Å². The second kappa shape index (κ2) is 4.13. The van der Waals surface area contributed by atoms with Crippen molar-refractivity contribution in [3.05, 3.63) is 50.0 Å². The predicted octanol–water partition coefficient (Wildman–Crippen LogP) is 0.358. The van der Waals surface area contributed by atoms with Gasteiger partial charge in [-0.2, -0.15) is 0 Å². The maximum atomic E-state index is 11.7. The van der Waals surface area contributed by atoms with E-state index in [2.05, 4.69) is 13.2 Å². The normalized spacial score (nSPS) is 15.3. The summed E-state index contributed by atoms with van der Waals surface area (Å²) in [7, 11) is 5.69. The fourth-order valence-corrected chi connectivity index (χ4v) is 1.88. The van der Waals surface area contributed by atoms with Crippen molar-refractivity contribution in [3.63, 3.8) is 0 Å². The molecule has 0 amide bonds. The number of allylic oxidation sites excluding steroid dienone is 2. The Kier molecular flexibility index (Phi) is 2.80. The molecule has 84 valence electrons. The Morgan fingerprint density at radius 3 is 2.88 bits per heavy atom. The van der Waals surface area contributed by atoms with E-state index in [1.807, 2.05) is 0 Å². The summed E-state index contributed by atoms with van der Waals surface area (Å²) in [5.41, 5.74) is 1.72. The van der Waals surface area contributed by atoms with Gasteiger partial charge in [-0.1, -0.05) is 19.2 Å². The summed E-state index contributed by atoms with van der Waals surface area (Å²) < 4.78 is 5.07. The van der Waals surface area contributed by atoms with Crippen LogP contribution < -0.4 is 16.3 Å². The van der Waals surface area contributed by atoms with E-state index in [-0.39, 0.29) is 11.2 Å². The molecule has 0 saturated heterocycles. The summed E-state index contributed by atoms with van der Waals surface area (Å²) in [4.78, 5) is 11.7. The Balaban J connectivity index is 2.83. The average Bonchev–Trinajstić information content (AvgIpc) is 2.25. The molecule has 1 heterocycles. The van der Waals surface area contributed by atoms with Crippen LogP contribution in [0.4, 0.5) is 0 Å². The molecule has 17 heavy (non-hydrogen) atoms. The van der Waals surface area contributed by atoms with E-state index in [0.717, 1.165) is 5.56 Å². The largest absolute Gasteiger partial charge is 0.508 e. The van der Waals surface area contributed by atoms with Crippen molar-refractivity contribution < 1.29 is 9.52 Å². The molecule has 1 aliphatic carbocycles. The van der Waals surface area contributed by atoms with Crippen LogP contribution in [0.2, 0.25) is 0 Å². The third kappa shape index (κ3) is 2.11. The Labute approximate surface area is 99.5 Å². The molecule has 0 spiro atoms. The van der Waals surface area contributed by atoms with Gasteiger partial charge in [-0.15, -0.1) is 5.47 Å². The van der Waals surface area contributed by atoms with Gasteiger partial charge in [0.05, 0.1) is 5.56 Å². The zero-order valence-electron chi connectivity index (χ0n) is 9.32. The Hall–Kier alpha value is -1.97. The lowest BCUT2D eigenvalue weighted by Gasteiger charge is -2.13. The topological polar surface area (TPSA) is 50.4 Å². The first kappa shape index (κ1) is 11.5. The minimum atomic E-state index is -0.470. The van der Waals surface area contributed by atoms with Gasteiger partial charge in [0.15, 0.2) is 0 Å².